The van der Waals surface area contributed by atoms with Crippen LogP contribution in [0.25, 0.3) is 0 Å². The lowest BCUT2D eigenvalue weighted by Crippen LogP contribution is -2.43. The number of fused-ring (bicyclic) bond motifs is 2. The second-order valence-electron chi connectivity index (χ2n) is 14.3. The second-order valence-corrected chi connectivity index (χ2v) is 17.7. The number of aliphatic hydroxyl groups excluding tert-OH is 1. The fourth-order valence-electron chi connectivity index (χ4n) is 6.91. The third-order valence-corrected chi connectivity index (χ3v) is 13.5. The summed E-state index contributed by atoms with van der Waals surface area (Å²) >= 11 is 0. The van der Waals surface area contributed by atoms with Crippen molar-refractivity contribution in [3.8, 4) is 0 Å². The van der Waals surface area contributed by atoms with E-state index in [1.807, 2.05) is 34.6 Å². The summed E-state index contributed by atoms with van der Waals surface area (Å²) in [5.41, 5.74) is -1.62. The van der Waals surface area contributed by atoms with Crippen molar-refractivity contribution in [2.24, 2.45) is 16.7 Å². The van der Waals surface area contributed by atoms with E-state index in [0.717, 1.165) is 12.8 Å². The van der Waals surface area contributed by atoms with E-state index in [1.165, 1.54) is 14.7 Å². The van der Waals surface area contributed by atoms with Gasteiger partial charge in [-0.2, -0.15) is 0 Å². The predicted octanol–water partition coefficient (Wildman–Crippen LogP) is 7.48. The van der Waals surface area contributed by atoms with Gasteiger partial charge in [-0.05, 0) is 93.7 Å². The number of ether oxygens (including phenoxy) is 1. The van der Waals surface area contributed by atoms with E-state index in [4.69, 9.17) is 4.74 Å². The van der Waals surface area contributed by atoms with Gasteiger partial charge in [0.05, 0.1) is 32.9 Å². The number of amides is 1. The molecule has 6 rings (SSSR count). The van der Waals surface area contributed by atoms with E-state index in [2.05, 4.69) is 91.0 Å². The highest BCUT2D eigenvalue weighted by Crippen LogP contribution is 2.64. The van der Waals surface area contributed by atoms with Gasteiger partial charge in [-0.25, -0.2) is 13.2 Å². The molecule has 3 aromatic carbocycles. The number of likely N-dealkylation sites (tertiary alicyclic amines) is 1. The SMILES string of the molecule is CC1(C)C2CCC1(CS(=O)(=O)[O-])C(=O)C2.CCC(C)(C)OC(=O)N1CCC(O)CC1.c1ccc([S+](c2ccccc2)c2ccccc2)cc1. The molecule has 1 amide bonds. The second kappa shape index (κ2) is 16.2. The topological polar surface area (TPSA) is 124 Å². The molecule has 1 aliphatic heterocycles. The molecule has 0 spiro atoms. The van der Waals surface area contributed by atoms with Crippen LogP contribution >= 0.6 is 0 Å². The zero-order valence-corrected chi connectivity index (χ0v) is 31.0. The number of rotatable bonds is 7. The molecule has 1 saturated heterocycles. The van der Waals surface area contributed by atoms with Gasteiger partial charge < -0.3 is 19.3 Å². The smallest absolute Gasteiger partial charge is 0.410 e. The van der Waals surface area contributed by atoms with Crippen LogP contribution in [0.15, 0.2) is 106 Å². The summed E-state index contributed by atoms with van der Waals surface area (Å²) in [6.45, 7) is 10.8. The van der Waals surface area contributed by atoms with Gasteiger partial charge in [0.15, 0.2) is 14.7 Å². The van der Waals surface area contributed by atoms with Gasteiger partial charge >= 0.3 is 6.09 Å². The number of carbonyl (C=O) groups is 2. The first-order valence-corrected chi connectivity index (χ1v) is 19.9. The number of hydrogen-bond acceptors (Lipinski definition) is 7. The number of carbonyl (C=O) groups excluding carboxylic acids is 2. The normalized spacial score (nSPS) is 21.8. The highest BCUT2D eigenvalue weighted by atomic mass is 32.2. The molecular formula is C39H51NO7S2. The van der Waals surface area contributed by atoms with Crippen LogP contribution in [0, 0.1) is 16.7 Å². The van der Waals surface area contributed by atoms with E-state index < -0.39 is 26.9 Å². The van der Waals surface area contributed by atoms with Crippen molar-refractivity contribution in [1.82, 2.24) is 4.90 Å². The molecule has 1 heterocycles. The van der Waals surface area contributed by atoms with Crippen molar-refractivity contribution >= 4 is 32.9 Å². The molecule has 3 aliphatic rings. The molecule has 2 bridgehead atoms. The molecule has 0 radical (unpaired) electrons. The maximum atomic E-state index is 11.8. The maximum absolute atomic E-state index is 11.8. The molecule has 2 saturated carbocycles. The maximum Gasteiger partial charge on any atom is 0.410 e. The van der Waals surface area contributed by atoms with Crippen molar-refractivity contribution in [3.63, 3.8) is 0 Å². The first kappa shape index (κ1) is 38.6. The quantitative estimate of drug-likeness (QED) is 0.199. The van der Waals surface area contributed by atoms with Crippen LogP contribution in [0.1, 0.15) is 73.1 Å². The molecule has 3 aromatic rings. The summed E-state index contributed by atoms with van der Waals surface area (Å²) in [6.07, 6.45) is 3.47. The van der Waals surface area contributed by atoms with Crippen LogP contribution in [-0.4, -0.2) is 65.4 Å². The predicted molar refractivity (Wildman–Crippen MR) is 192 cm³/mol. The lowest BCUT2D eigenvalue weighted by Gasteiger charge is -2.37. The van der Waals surface area contributed by atoms with Crippen molar-refractivity contribution in [2.45, 2.75) is 99.5 Å². The molecular weight excluding hydrogens is 659 g/mol. The molecule has 8 nitrogen and oxygen atoms in total. The Hall–Kier alpha value is -3.18. The van der Waals surface area contributed by atoms with Crippen LogP contribution in [0.4, 0.5) is 4.79 Å². The lowest BCUT2D eigenvalue weighted by atomic mass is 9.70. The molecule has 2 unspecified atom stereocenters. The molecule has 10 heteroatoms. The average Bonchev–Trinajstić information content (AvgIpc) is 3.41. The minimum Gasteiger partial charge on any atom is -0.748 e. The van der Waals surface area contributed by atoms with Crippen molar-refractivity contribution < 1.29 is 32.4 Å². The molecule has 2 atom stereocenters. The number of aliphatic hydroxyl groups is 1. The van der Waals surface area contributed by atoms with Crippen molar-refractivity contribution in [2.75, 3.05) is 18.8 Å². The zero-order valence-electron chi connectivity index (χ0n) is 29.3. The number of nitrogens with zero attached hydrogens (tertiary/aromatic N) is 1. The standard InChI is InChI=1S/C18H15S.C11H21NO3.C10H16O4S/c1-4-10-16(11-5-1)19(17-12-6-2-7-13-17)18-14-8-3-9-15-18;1-4-11(2,3)15-10(14)12-7-5-9(13)6-8-12;1-9(2)7-3-4-10(9,8(11)5-7)6-15(12,13)14/h1-15H;9,13H,4-8H2,1-3H3;7H,3-6H2,1-2H3,(H,12,13,14)/q+1;;/p-1. The van der Waals surface area contributed by atoms with Gasteiger partial charge in [-0.1, -0.05) is 75.4 Å². The molecule has 49 heavy (non-hydrogen) atoms. The molecule has 2 aliphatic carbocycles. The Labute approximate surface area is 295 Å². The molecule has 0 aromatic heterocycles. The highest BCUT2D eigenvalue weighted by molar-refractivity contribution is 7.97. The van der Waals surface area contributed by atoms with Gasteiger partial charge in [0.25, 0.3) is 0 Å². The van der Waals surface area contributed by atoms with Crippen LogP contribution in [0.3, 0.4) is 0 Å². The van der Waals surface area contributed by atoms with Crippen molar-refractivity contribution in [1.29, 1.82) is 0 Å². The Morgan fingerprint density at radius 2 is 1.35 bits per heavy atom. The summed E-state index contributed by atoms with van der Waals surface area (Å²) in [6, 6.07) is 32.2. The third-order valence-electron chi connectivity index (χ3n) is 10.4. The van der Waals surface area contributed by atoms with Gasteiger partial charge in [-0.3, -0.25) is 4.79 Å². The first-order chi connectivity index (χ1) is 23.1. The van der Waals surface area contributed by atoms with Crippen LogP contribution in [0.2, 0.25) is 0 Å². The summed E-state index contributed by atoms with van der Waals surface area (Å²) in [5, 5.41) is 9.31. The van der Waals surface area contributed by atoms with E-state index in [-0.39, 0.29) is 40.2 Å². The number of piperidine rings is 1. The number of ketones is 1. The lowest BCUT2D eigenvalue weighted by molar-refractivity contribution is -0.128. The Bertz CT molecular complexity index is 1530. The summed E-state index contributed by atoms with van der Waals surface area (Å²) in [7, 11) is -4.34. The van der Waals surface area contributed by atoms with Crippen LogP contribution in [0.5, 0.6) is 0 Å². The van der Waals surface area contributed by atoms with Gasteiger partial charge in [0.1, 0.15) is 11.4 Å². The Kier molecular flexibility index (Phi) is 12.8. The van der Waals surface area contributed by atoms with Crippen LogP contribution < -0.4 is 0 Å². The average molecular weight is 710 g/mol. The Balaban J connectivity index is 0.000000168. The number of Topliss-reactive ketones (excluding diaryl/α,β-unsaturated/α-hetero) is 1. The van der Waals surface area contributed by atoms with E-state index in [1.54, 1.807) is 4.90 Å². The van der Waals surface area contributed by atoms with E-state index in [9.17, 15) is 27.7 Å². The first-order valence-electron chi connectivity index (χ1n) is 17.1. The van der Waals surface area contributed by atoms with E-state index >= 15 is 0 Å². The Morgan fingerprint density at radius 3 is 1.69 bits per heavy atom. The number of benzene rings is 3. The van der Waals surface area contributed by atoms with E-state index in [0.29, 0.717) is 38.8 Å². The highest BCUT2D eigenvalue weighted by Gasteiger charge is 2.64. The molecule has 1 N–H and O–H groups in total. The zero-order chi connectivity index (χ0) is 35.9. The summed E-state index contributed by atoms with van der Waals surface area (Å²) in [4.78, 5) is 29.3. The Morgan fingerprint density at radius 1 is 0.898 bits per heavy atom. The summed E-state index contributed by atoms with van der Waals surface area (Å²) < 4.78 is 38.1. The van der Waals surface area contributed by atoms with Crippen molar-refractivity contribution in [3.05, 3.63) is 91.0 Å². The third kappa shape index (κ3) is 9.75. The monoisotopic (exact) mass is 709 g/mol. The van der Waals surface area contributed by atoms with Gasteiger partial charge in [0, 0.05) is 24.9 Å². The van der Waals surface area contributed by atoms with Crippen LogP contribution in [-0.2, 0) is 30.5 Å². The molecule has 3 fully saturated rings. The molecule has 266 valence electrons. The fourth-order valence-corrected chi connectivity index (χ4v) is 10.3. The largest absolute Gasteiger partial charge is 0.748 e. The van der Waals surface area contributed by atoms with Gasteiger partial charge in [-0.15, -0.1) is 0 Å². The minimum absolute atomic E-state index is 0.0146. The summed E-state index contributed by atoms with van der Waals surface area (Å²) in [5.74, 6) is -0.280. The van der Waals surface area contributed by atoms with Gasteiger partial charge in [0.2, 0.25) is 0 Å². The fraction of sp³-hybridized carbons (Fsp3) is 0.487. The number of hydrogen-bond donors (Lipinski definition) is 1. The minimum atomic E-state index is -4.33.